The van der Waals surface area contributed by atoms with E-state index in [9.17, 15) is 45.6 Å². The summed E-state index contributed by atoms with van der Waals surface area (Å²) in [5.74, 6) is -0.206. The summed E-state index contributed by atoms with van der Waals surface area (Å²) < 4.78 is 23.0. The number of carbonyl (C=O) groups excluding carboxylic acids is 1. The van der Waals surface area contributed by atoms with Crippen molar-refractivity contribution in [2.24, 2.45) is 0 Å². The van der Waals surface area contributed by atoms with Crippen LogP contribution in [0.15, 0.2) is 72.9 Å². The first-order chi connectivity index (χ1) is 46.6. The van der Waals surface area contributed by atoms with E-state index in [-0.39, 0.29) is 12.5 Å². The number of aliphatic hydroxyl groups excluding tert-OH is 8. The van der Waals surface area contributed by atoms with E-state index in [0.717, 1.165) is 96.3 Å². The molecular weight excluding hydrogens is 1190 g/mol. The highest BCUT2D eigenvalue weighted by molar-refractivity contribution is 5.76. The van der Waals surface area contributed by atoms with Crippen molar-refractivity contribution in [3.8, 4) is 0 Å². The van der Waals surface area contributed by atoms with Gasteiger partial charge < -0.3 is 65.1 Å². The fourth-order valence-electron chi connectivity index (χ4n) is 13.0. The number of hydrogen-bond donors (Lipinski definition) is 9. The molecule has 0 spiro atoms. The first-order valence-corrected chi connectivity index (χ1v) is 39.7. The lowest BCUT2D eigenvalue weighted by atomic mass is 9.97. The molecule has 2 aliphatic heterocycles. The van der Waals surface area contributed by atoms with Gasteiger partial charge in [-0.05, 0) is 64.2 Å². The van der Waals surface area contributed by atoms with Crippen LogP contribution in [0.25, 0.3) is 0 Å². The lowest BCUT2D eigenvalue weighted by Gasteiger charge is -2.46. The molecule has 9 N–H and O–H groups in total. The van der Waals surface area contributed by atoms with Gasteiger partial charge in [0, 0.05) is 6.42 Å². The molecule has 0 radical (unpaired) electrons. The van der Waals surface area contributed by atoms with E-state index in [4.69, 9.17) is 18.9 Å². The third kappa shape index (κ3) is 48.0. The molecule has 14 heteroatoms. The van der Waals surface area contributed by atoms with Crippen molar-refractivity contribution in [3.63, 3.8) is 0 Å². The maximum absolute atomic E-state index is 13.4. The van der Waals surface area contributed by atoms with E-state index in [1.807, 2.05) is 0 Å². The minimum absolute atomic E-state index is 0.206. The monoisotopic (exact) mass is 1340 g/mol. The molecule has 1 amide bonds. The zero-order chi connectivity index (χ0) is 68.7. The molecule has 0 bridgehead atoms. The Morgan fingerprint density at radius 2 is 0.726 bits per heavy atom. The predicted molar refractivity (Wildman–Crippen MR) is 392 cm³/mol. The van der Waals surface area contributed by atoms with Gasteiger partial charge in [0.05, 0.1) is 32.0 Å². The van der Waals surface area contributed by atoms with E-state index in [2.05, 4.69) is 92.1 Å². The van der Waals surface area contributed by atoms with Gasteiger partial charge in [0.1, 0.15) is 48.8 Å². The highest BCUT2D eigenvalue weighted by atomic mass is 16.7. The number of nitrogens with one attached hydrogen (secondary N) is 1. The Labute approximate surface area is 580 Å². The topological polar surface area (TPSA) is 228 Å². The van der Waals surface area contributed by atoms with Crippen LogP contribution >= 0.6 is 0 Å². The molecule has 95 heavy (non-hydrogen) atoms. The number of unbranched alkanes of at least 4 members (excludes halogenated alkanes) is 41. The molecule has 0 aliphatic carbocycles. The van der Waals surface area contributed by atoms with Gasteiger partial charge >= 0.3 is 0 Å². The summed E-state index contributed by atoms with van der Waals surface area (Å²) in [6.07, 6.45) is 72.2. The van der Waals surface area contributed by atoms with E-state index >= 15 is 0 Å². The van der Waals surface area contributed by atoms with Gasteiger partial charge in [0.25, 0.3) is 0 Å². The van der Waals surface area contributed by atoms with E-state index in [0.29, 0.717) is 12.8 Å². The number of aliphatic hydroxyl groups is 8. The Balaban J connectivity index is 1.62. The number of allylic oxidation sites excluding steroid dienone is 12. The van der Waals surface area contributed by atoms with E-state index in [1.165, 1.54) is 218 Å². The molecular formula is C81H147NO13. The van der Waals surface area contributed by atoms with Crippen molar-refractivity contribution < 1.29 is 64.6 Å². The van der Waals surface area contributed by atoms with Crippen molar-refractivity contribution in [1.29, 1.82) is 0 Å². The highest BCUT2D eigenvalue weighted by Gasteiger charge is 2.51. The second-order valence-corrected chi connectivity index (χ2v) is 27.8. The van der Waals surface area contributed by atoms with Gasteiger partial charge in [-0.2, -0.15) is 0 Å². The molecule has 2 saturated heterocycles. The van der Waals surface area contributed by atoms with Gasteiger partial charge in [-0.1, -0.05) is 344 Å². The van der Waals surface area contributed by atoms with Crippen LogP contribution in [-0.2, 0) is 23.7 Å². The summed E-state index contributed by atoms with van der Waals surface area (Å²) in [7, 11) is 0. The second-order valence-electron chi connectivity index (χ2n) is 27.8. The lowest BCUT2D eigenvalue weighted by Crippen LogP contribution is -2.65. The van der Waals surface area contributed by atoms with Crippen LogP contribution in [0.4, 0.5) is 0 Å². The quantitative estimate of drug-likeness (QED) is 0.0204. The largest absolute Gasteiger partial charge is 0.394 e. The highest BCUT2D eigenvalue weighted by Crippen LogP contribution is 2.30. The van der Waals surface area contributed by atoms with Crippen molar-refractivity contribution in [1.82, 2.24) is 5.32 Å². The summed E-state index contributed by atoms with van der Waals surface area (Å²) in [5.41, 5.74) is 0. The summed E-state index contributed by atoms with van der Waals surface area (Å²) in [6, 6.07) is -0.836. The van der Waals surface area contributed by atoms with Crippen LogP contribution in [0.2, 0.25) is 0 Å². The van der Waals surface area contributed by atoms with Gasteiger partial charge in [0.15, 0.2) is 12.6 Å². The Morgan fingerprint density at radius 3 is 1.12 bits per heavy atom. The fourth-order valence-corrected chi connectivity index (χ4v) is 13.0. The molecule has 0 aromatic heterocycles. The van der Waals surface area contributed by atoms with Gasteiger partial charge in [-0.25, -0.2) is 0 Å². The second kappa shape index (κ2) is 64.8. The Kier molecular flexibility index (Phi) is 60.4. The molecule has 12 unspecified atom stereocenters. The smallest absolute Gasteiger partial charge is 0.220 e. The van der Waals surface area contributed by atoms with Gasteiger partial charge in [-0.3, -0.25) is 4.79 Å². The third-order valence-electron chi connectivity index (χ3n) is 19.2. The molecule has 2 fully saturated rings. The summed E-state index contributed by atoms with van der Waals surface area (Å²) in [5, 5.41) is 87.9. The Bertz CT molecular complexity index is 1870. The number of carbonyl (C=O) groups is 1. The molecule has 0 aromatic carbocycles. The summed E-state index contributed by atoms with van der Waals surface area (Å²) in [6.45, 7) is 2.80. The summed E-state index contributed by atoms with van der Waals surface area (Å²) >= 11 is 0. The molecule has 0 aromatic rings. The number of hydrogen-bond acceptors (Lipinski definition) is 13. The molecule has 14 nitrogen and oxygen atoms in total. The maximum atomic E-state index is 13.4. The van der Waals surface area contributed by atoms with E-state index in [1.54, 1.807) is 0 Å². The SMILES string of the molecule is CC/C=C\C/C=C\C/C=C\C/C=C\C/C=C\C/C=C\CCCCCCCCCCCCCCC(=O)NC(COC1OC(CO)C(OC2OC(CO)C(O)C(O)C2O)C(O)C1O)C(O)CCCCCCCCCCCCCCCCCCCCCCCCCCCCCCCC. The van der Waals surface area contributed by atoms with Crippen molar-refractivity contribution in [3.05, 3.63) is 72.9 Å². The van der Waals surface area contributed by atoms with Crippen LogP contribution in [0.1, 0.15) is 341 Å². The van der Waals surface area contributed by atoms with Crippen LogP contribution in [0.5, 0.6) is 0 Å². The molecule has 0 saturated carbocycles. The van der Waals surface area contributed by atoms with E-state index < -0.39 is 86.8 Å². The van der Waals surface area contributed by atoms with Crippen LogP contribution in [-0.4, -0.2) is 140 Å². The molecule has 2 aliphatic rings. The molecule has 554 valence electrons. The van der Waals surface area contributed by atoms with Gasteiger partial charge in [-0.15, -0.1) is 0 Å². The molecule has 2 rings (SSSR count). The standard InChI is InChI=1S/C81H147NO13/c1-3-5-7-9-11-13-15-17-19-21-23-25-27-29-31-33-35-37-39-41-43-45-47-49-51-53-55-57-59-61-63-65-73(86)82-69(68-92-80-78(91)76(89)79(72(67-84)94-80)95-81-77(90)75(88)74(87)71(66-83)93-81)70(85)64-62-60-58-56-54-52-50-48-46-44-42-40-38-36-34-32-30-28-26-24-22-20-18-16-14-12-10-8-6-4-2/h5,7,11,13,17,19,23,25,29,31,35,37,69-72,74-81,83-85,87-91H,3-4,6,8-10,12,14-16,18,20-22,24,26-28,30,32-34,36,38-68H2,1-2H3,(H,82,86)/b7-5-,13-11-,19-17-,25-23-,31-29-,37-35-. The zero-order valence-electron chi connectivity index (χ0n) is 60.7. The van der Waals surface area contributed by atoms with Crippen LogP contribution < -0.4 is 5.32 Å². The summed E-state index contributed by atoms with van der Waals surface area (Å²) in [4.78, 5) is 13.4. The first kappa shape index (κ1) is 88.5. The number of rotatable bonds is 66. The van der Waals surface area contributed by atoms with Crippen molar-refractivity contribution in [2.75, 3.05) is 19.8 Å². The number of ether oxygens (including phenoxy) is 4. The normalized spacial score (nSPS) is 22.7. The predicted octanol–water partition coefficient (Wildman–Crippen LogP) is 17.7. The fraction of sp³-hybridized carbons (Fsp3) is 0.840. The maximum Gasteiger partial charge on any atom is 0.220 e. The zero-order valence-corrected chi connectivity index (χ0v) is 60.7. The van der Waals surface area contributed by atoms with Crippen molar-refractivity contribution >= 4 is 5.91 Å². The third-order valence-corrected chi connectivity index (χ3v) is 19.2. The number of amides is 1. The lowest BCUT2D eigenvalue weighted by molar-refractivity contribution is -0.359. The van der Waals surface area contributed by atoms with Gasteiger partial charge in [0.2, 0.25) is 5.91 Å². The Hall–Kier alpha value is -2.57. The average molecular weight is 1340 g/mol. The van der Waals surface area contributed by atoms with Crippen molar-refractivity contribution in [2.45, 2.75) is 415 Å². The van der Waals surface area contributed by atoms with Crippen LogP contribution in [0, 0.1) is 0 Å². The first-order valence-electron chi connectivity index (χ1n) is 39.7. The minimum Gasteiger partial charge on any atom is -0.394 e. The molecule has 12 atom stereocenters. The average Bonchev–Trinajstić information content (AvgIpc) is 0.801. The Morgan fingerprint density at radius 1 is 0.389 bits per heavy atom. The molecule has 2 heterocycles. The minimum atomic E-state index is -1.79. The van der Waals surface area contributed by atoms with Crippen LogP contribution in [0.3, 0.4) is 0 Å².